The number of rotatable bonds is 6. The molecule has 8 nitrogen and oxygen atoms in total. The van der Waals surface area contributed by atoms with Gasteiger partial charge >= 0.3 is 0 Å². The molecular formula is C18H18ClN5O3S2. The number of amides is 1. The summed E-state index contributed by atoms with van der Waals surface area (Å²) in [5.74, 6) is 0.128. The van der Waals surface area contributed by atoms with Crippen molar-refractivity contribution in [3.63, 3.8) is 0 Å². The van der Waals surface area contributed by atoms with Gasteiger partial charge in [0.1, 0.15) is 0 Å². The van der Waals surface area contributed by atoms with Crippen molar-refractivity contribution in [2.24, 2.45) is 0 Å². The van der Waals surface area contributed by atoms with Crippen LogP contribution in [-0.4, -0.2) is 47.5 Å². The molecule has 0 aliphatic rings. The SMILES string of the molecule is CN(C)S(=O)(=O)c1ccc(C(=O)NCc2n[nH]c(=S)n2-c2cccc(Cl)c2)cc1. The average Bonchev–Trinajstić information content (AvgIpc) is 3.06. The van der Waals surface area contributed by atoms with Crippen LogP contribution in [0.25, 0.3) is 5.69 Å². The highest BCUT2D eigenvalue weighted by Crippen LogP contribution is 2.17. The molecule has 2 N–H and O–H groups in total. The zero-order chi connectivity index (χ0) is 21.2. The Labute approximate surface area is 178 Å². The number of nitrogens with one attached hydrogen (secondary N) is 2. The molecule has 0 saturated heterocycles. The molecule has 11 heteroatoms. The first-order valence-corrected chi connectivity index (χ1v) is 10.7. The molecule has 152 valence electrons. The number of hydrogen-bond donors (Lipinski definition) is 2. The first-order chi connectivity index (χ1) is 13.7. The minimum absolute atomic E-state index is 0.107. The fraction of sp³-hybridized carbons (Fsp3) is 0.167. The van der Waals surface area contributed by atoms with Crippen molar-refractivity contribution >= 4 is 39.7 Å². The minimum Gasteiger partial charge on any atom is -0.345 e. The van der Waals surface area contributed by atoms with E-state index in [0.717, 1.165) is 9.99 Å². The van der Waals surface area contributed by atoms with E-state index >= 15 is 0 Å². The summed E-state index contributed by atoms with van der Waals surface area (Å²) < 4.78 is 27.4. The van der Waals surface area contributed by atoms with Crippen molar-refractivity contribution in [2.75, 3.05) is 14.1 Å². The van der Waals surface area contributed by atoms with E-state index in [1.165, 1.54) is 38.4 Å². The molecule has 1 amide bonds. The predicted octanol–water partition coefficient (Wildman–Crippen LogP) is 2.76. The summed E-state index contributed by atoms with van der Waals surface area (Å²) in [5, 5.41) is 10.2. The van der Waals surface area contributed by atoms with Crippen LogP contribution in [0.4, 0.5) is 0 Å². The Morgan fingerprint density at radius 1 is 1.24 bits per heavy atom. The topological polar surface area (TPSA) is 100 Å². The molecule has 0 fully saturated rings. The standard InChI is InChI=1S/C18H18ClN5O3S2/c1-23(2)29(26,27)15-8-6-12(7-9-15)17(25)20-11-16-21-22-18(28)24(16)14-5-3-4-13(19)10-14/h3-10H,11H2,1-2H3,(H,20,25)(H,22,28). The first kappa shape index (κ1) is 21.2. The number of halogens is 1. The van der Waals surface area contributed by atoms with Crippen LogP contribution in [0.3, 0.4) is 0 Å². The lowest BCUT2D eigenvalue weighted by Crippen LogP contribution is -2.25. The smallest absolute Gasteiger partial charge is 0.251 e. The molecule has 3 rings (SSSR count). The van der Waals surface area contributed by atoms with Crippen LogP contribution < -0.4 is 5.32 Å². The van der Waals surface area contributed by atoms with Crippen LogP contribution in [-0.2, 0) is 16.6 Å². The third-order valence-electron chi connectivity index (χ3n) is 4.11. The third kappa shape index (κ3) is 4.56. The van der Waals surface area contributed by atoms with Gasteiger partial charge in [0, 0.05) is 24.7 Å². The van der Waals surface area contributed by atoms with E-state index in [2.05, 4.69) is 15.5 Å². The van der Waals surface area contributed by atoms with Crippen molar-refractivity contribution in [1.82, 2.24) is 24.4 Å². The predicted molar refractivity (Wildman–Crippen MR) is 112 cm³/mol. The Hall–Kier alpha value is -2.53. The number of carbonyl (C=O) groups excluding carboxylic acids is 1. The third-order valence-corrected chi connectivity index (χ3v) is 6.45. The van der Waals surface area contributed by atoms with E-state index in [1.54, 1.807) is 22.8 Å². The highest BCUT2D eigenvalue weighted by atomic mass is 35.5. The maximum atomic E-state index is 12.5. The van der Waals surface area contributed by atoms with E-state index in [9.17, 15) is 13.2 Å². The van der Waals surface area contributed by atoms with Gasteiger partial charge in [-0.05, 0) is 54.7 Å². The van der Waals surface area contributed by atoms with Crippen LogP contribution in [0.2, 0.25) is 5.02 Å². The summed E-state index contributed by atoms with van der Waals surface area (Å²) in [7, 11) is -0.656. The fourth-order valence-electron chi connectivity index (χ4n) is 2.58. The number of aromatic amines is 1. The number of nitrogens with zero attached hydrogens (tertiary/aromatic N) is 3. The Bertz CT molecular complexity index is 1200. The van der Waals surface area contributed by atoms with E-state index in [0.29, 0.717) is 21.2 Å². The largest absolute Gasteiger partial charge is 0.345 e. The molecule has 0 saturated carbocycles. The van der Waals surface area contributed by atoms with Gasteiger partial charge < -0.3 is 5.32 Å². The maximum absolute atomic E-state index is 12.5. The molecule has 0 unspecified atom stereocenters. The Morgan fingerprint density at radius 2 is 1.93 bits per heavy atom. The normalized spacial score (nSPS) is 11.6. The molecule has 2 aromatic carbocycles. The van der Waals surface area contributed by atoms with E-state index in [4.69, 9.17) is 23.8 Å². The number of benzene rings is 2. The zero-order valence-electron chi connectivity index (χ0n) is 15.6. The second-order valence-electron chi connectivity index (χ2n) is 6.25. The molecular weight excluding hydrogens is 434 g/mol. The van der Waals surface area contributed by atoms with Crippen LogP contribution in [0.1, 0.15) is 16.2 Å². The highest BCUT2D eigenvalue weighted by Gasteiger charge is 2.18. The number of hydrogen-bond acceptors (Lipinski definition) is 5. The monoisotopic (exact) mass is 451 g/mol. The van der Waals surface area contributed by atoms with E-state index in [1.807, 2.05) is 6.07 Å². The van der Waals surface area contributed by atoms with Crippen molar-refractivity contribution in [3.8, 4) is 5.69 Å². The van der Waals surface area contributed by atoms with Gasteiger partial charge in [-0.1, -0.05) is 17.7 Å². The van der Waals surface area contributed by atoms with Crippen LogP contribution in [0.5, 0.6) is 0 Å². The Morgan fingerprint density at radius 3 is 2.55 bits per heavy atom. The maximum Gasteiger partial charge on any atom is 0.251 e. The van der Waals surface area contributed by atoms with Crippen LogP contribution >= 0.6 is 23.8 Å². The van der Waals surface area contributed by atoms with Gasteiger partial charge in [0.2, 0.25) is 10.0 Å². The molecule has 0 atom stereocenters. The quantitative estimate of drug-likeness (QED) is 0.561. The average molecular weight is 452 g/mol. The lowest BCUT2D eigenvalue weighted by Gasteiger charge is -2.12. The number of sulfonamides is 1. The minimum atomic E-state index is -3.55. The molecule has 1 aromatic heterocycles. The van der Waals surface area contributed by atoms with Crippen molar-refractivity contribution in [3.05, 3.63) is 69.7 Å². The first-order valence-electron chi connectivity index (χ1n) is 8.43. The molecule has 29 heavy (non-hydrogen) atoms. The van der Waals surface area contributed by atoms with Crippen LogP contribution in [0.15, 0.2) is 53.4 Å². The van der Waals surface area contributed by atoms with Gasteiger partial charge in [-0.3, -0.25) is 14.5 Å². The molecule has 0 aliphatic carbocycles. The number of carbonyl (C=O) groups is 1. The molecule has 0 aliphatic heterocycles. The second kappa shape index (κ2) is 8.46. The molecule has 0 spiro atoms. The Kier molecular flexibility index (Phi) is 6.18. The van der Waals surface area contributed by atoms with Gasteiger partial charge in [0.25, 0.3) is 5.91 Å². The summed E-state index contributed by atoms with van der Waals surface area (Å²) in [4.78, 5) is 12.6. The molecule has 0 bridgehead atoms. The van der Waals surface area contributed by atoms with Gasteiger partial charge in [-0.15, -0.1) is 0 Å². The fourth-order valence-corrected chi connectivity index (χ4v) is 3.92. The van der Waals surface area contributed by atoms with E-state index in [-0.39, 0.29) is 17.3 Å². The zero-order valence-corrected chi connectivity index (χ0v) is 18.0. The molecule has 3 aromatic rings. The van der Waals surface area contributed by atoms with E-state index < -0.39 is 10.0 Å². The van der Waals surface area contributed by atoms with Gasteiger partial charge in [0.05, 0.1) is 17.1 Å². The van der Waals surface area contributed by atoms with Crippen molar-refractivity contribution in [1.29, 1.82) is 0 Å². The lowest BCUT2D eigenvalue weighted by atomic mass is 10.2. The lowest BCUT2D eigenvalue weighted by molar-refractivity contribution is 0.0949. The van der Waals surface area contributed by atoms with Gasteiger partial charge in [-0.25, -0.2) is 12.7 Å². The summed E-state index contributed by atoms with van der Waals surface area (Å²) in [6, 6.07) is 12.8. The molecule has 0 radical (unpaired) electrons. The summed E-state index contributed by atoms with van der Waals surface area (Å²) >= 11 is 11.3. The summed E-state index contributed by atoms with van der Waals surface area (Å²) in [6.45, 7) is 0.107. The highest BCUT2D eigenvalue weighted by molar-refractivity contribution is 7.89. The summed E-state index contributed by atoms with van der Waals surface area (Å²) in [6.07, 6.45) is 0. The second-order valence-corrected chi connectivity index (χ2v) is 9.23. The number of H-pyrrole nitrogens is 1. The van der Waals surface area contributed by atoms with Crippen LogP contribution in [0, 0.1) is 4.77 Å². The van der Waals surface area contributed by atoms with Crippen molar-refractivity contribution in [2.45, 2.75) is 11.4 Å². The number of aromatic nitrogens is 3. The van der Waals surface area contributed by atoms with Crippen molar-refractivity contribution < 1.29 is 13.2 Å². The van der Waals surface area contributed by atoms with Gasteiger partial charge in [0.15, 0.2) is 10.6 Å². The van der Waals surface area contributed by atoms with Gasteiger partial charge in [-0.2, -0.15) is 5.10 Å². The molecule has 1 heterocycles. The summed E-state index contributed by atoms with van der Waals surface area (Å²) in [5.41, 5.74) is 1.05. The Balaban J connectivity index is 1.76.